The molecule has 2 N–H and O–H groups in total. The summed E-state index contributed by atoms with van der Waals surface area (Å²) in [6.45, 7) is 11.9. The standard InChI is InChI=1S/C18H31N3O/c1-14(2)13-22-10-6-9-20-18(19-5)21-12-17-8-7-15(3)11-16(17)4/h7-8,11,14H,6,9-10,12-13H2,1-5H3,(H2,19,20,21). The van der Waals surface area contributed by atoms with Gasteiger partial charge in [-0.3, -0.25) is 4.99 Å². The number of nitrogens with zero attached hydrogens (tertiary/aromatic N) is 1. The van der Waals surface area contributed by atoms with Gasteiger partial charge < -0.3 is 15.4 Å². The van der Waals surface area contributed by atoms with E-state index in [0.29, 0.717) is 5.92 Å². The number of ether oxygens (including phenoxy) is 1. The Kier molecular flexibility index (Phi) is 8.60. The summed E-state index contributed by atoms with van der Waals surface area (Å²) in [7, 11) is 1.80. The highest BCUT2D eigenvalue weighted by atomic mass is 16.5. The first-order valence-electron chi connectivity index (χ1n) is 8.11. The van der Waals surface area contributed by atoms with Crippen LogP contribution >= 0.6 is 0 Å². The van der Waals surface area contributed by atoms with Crippen molar-refractivity contribution in [1.82, 2.24) is 10.6 Å². The van der Waals surface area contributed by atoms with Gasteiger partial charge >= 0.3 is 0 Å². The van der Waals surface area contributed by atoms with Crippen molar-refractivity contribution in [3.8, 4) is 0 Å². The minimum atomic E-state index is 0.597. The zero-order valence-electron chi connectivity index (χ0n) is 14.7. The highest BCUT2D eigenvalue weighted by Crippen LogP contribution is 2.09. The molecule has 0 atom stereocenters. The van der Waals surface area contributed by atoms with Crippen molar-refractivity contribution in [2.24, 2.45) is 10.9 Å². The van der Waals surface area contributed by atoms with E-state index in [2.05, 4.69) is 61.5 Å². The number of benzene rings is 1. The number of hydrogen-bond acceptors (Lipinski definition) is 2. The smallest absolute Gasteiger partial charge is 0.191 e. The average molecular weight is 305 g/mol. The predicted octanol–water partition coefficient (Wildman–Crippen LogP) is 3.03. The van der Waals surface area contributed by atoms with Crippen LogP contribution in [0, 0.1) is 19.8 Å². The lowest BCUT2D eigenvalue weighted by atomic mass is 10.1. The predicted molar refractivity (Wildman–Crippen MR) is 94.4 cm³/mol. The molecule has 1 rings (SSSR count). The van der Waals surface area contributed by atoms with E-state index in [1.165, 1.54) is 16.7 Å². The van der Waals surface area contributed by atoms with Crippen molar-refractivity contribution in [3.05, 3.63) is 34.9 Å². The van der Waals surface area contributed by atoms with Gasteiger partial charge in [-0.15, -0.1) is 0 Å². The van der Waals surface area contributed by atoms with Crippen molar-refractivity contribution in [2.45, 2.75) is 40.7 Å². The van der Waals surface area contributed by atoms with Gasteiger partial charge in [-0.25, -0.2) is 0 Å². The molecule has 0 aliphatic rings. The molecular formula is C18H31N3O. The summed E-state index contributed by atoms with van der Waals surface area (Å²) in [4.78, 5) is 4.25. The Morgan fingerprint density at radius 3 is 2.64 bits per heavy atom. The van der Waals surface area contributed by atoms with Crippen LogP contribution in [0.1, 0.15) is 37.0 Å². The first-order valence-corrected chi connectivity index (χ1v) is 8.11. The molecule has 4 heteroatoms. The van der Waals surface area contributed by atoms with Crippen LogP contribution in [0.15, 0.2) is 23.2 Å². The Morgan fingerprint density at radius 2 is 2.00 bits per heavy atom. The fourth-order valence-corrected chi connectivity index (χ4v) is 2.14. The van der Waals surface area contributed by atoms with Crippen LogP contribution in [0.25, 0.3) is 0 Å². The quantitative estimate of drug-likeness (QED) is 0.441. The normalized spacial score (nSPS) is 11.8. The highest BCUT2D eigenvalue weighted by Gasteiger charge is 2.01. The Hall–Kier alpha value is -1.55. The summed E-state index contributed by atoms with van der Waals surface area (Å²) < 4.78 is 5.57. The lowest BCUT2D eigenvalue weighted by Crippen LogP contribution is -2.37. The zero-order chi connectivity index (χ0) is 16.4. The molecule has 0 aliphatic heterocycles. The van der Waals surface area contributed by atoms with Crippen molar-refractivity contribution >= 4 is 5.96 Å². The van der Waals surface area contributed by atoms with Gasteiger partial charge in [0.2, 0.25) is 0 Å². The second-order valence-electron chi connectivity index (χ2n) is 6.10. The topological polar surface area (TPSA) is 45.7 Å². The summed E-state index contributed by atoms with van der Waals surface area (Å²) in [5, 5.41) is 6.67. The van der Waals surface area contributed by atoms with Gasteiger partial charge in [0.05, 0.1) is 0 Å². The monoisotopic (exact) mass is 305 g/mol. The molecule has 0 saturated heterocycles. The van der Waals surface area contributed by atoms with E-state index in [0.717, 1.165) is 38.7 Å². The van der Waals surface area contributed by atoms with E-state index in [1.807, 2.05) is 0 Å². The summed E-state index contributed by atoms with van der Waals surface area (Å²) in [6.07, 6.45) is 0.983. The minimum Gasteiger partial charge on any atom is -0.381 e. The molecule has 124 valence electrons. The largest absolute Gasteiger partial charge is 0.381 e. The average Bonchev–Trinajstić information content (AvgIpc) is 2.47. The van der Waals surface area contributed by atoms with Crippen molar-refractivity contribution in [2.75, 3.05) is 26.8 Å². The van der Waals surface area contributed by atoms with Gasteiger partial charge in [0.25, 0.3) is 0 Å². The maximum Gasteiger partial charge on any atom is 0.191 e. The Bertz CT molecular complexity index is 469. The number of nitrogens with one attached hydrogen (secondary N) is 2. The number of rotatable bonds is 8. The minimum absolute atomic E-state index is 0.597. The van der Waals surface area contributed by atoms with E-state index < -0.39 is 0 Å². The molecule has 0 aliphatic carbocycles. The summed E-state index contributed by atoms with van der Waals surface area (Å²) in [5.41, 5.74) is 3.91. The molecule has 0 aromatic heterocycles. The van der Waals surface area contributed by atoms with Gasteiger partial charge in [0.1, 0.15) is 0 Å². The second-order valence-corrected chi connectivity index (χ2v) is 6.10. The van der Waals surface area contributed by atoms with Gasteiger partial charge in [-0.05, 0) is 37.3 Å². The molecule has 0 radical (unpaired) electrons. The maximum atomic E-state index is 5.57. The Morgan fingerprint density at radius 1 is 1.23 bits per heavy atom. The molecular weight excluding hydrogens is 274 g/mol. The van der Waals surface area contributed by atoms with E-state index in [9.17, 15) is 0 Å². The zero-order valence-corrected chi connectivity index (χ0v) is 14.7. The fourth-order valence-electron chi connectivity index (χ4n) is 2.14. The van der Waals surface area contributed by atoms with E-state index in [4.69, 9.17) is 4.74 Å². The third kappa shape index (κ3) is 7.46. The number of guanidine groups is 1. The van der Waals surface area contributed by atoms with E-state index in [-0.39, 0.29) is 0 Å². The molecule has 1 aromatic rings. The third-order valence-electron chi connectivity index (χ3n) is 3.38. The maximum absolute atomic E-state index is 5.57. The number of aryl methyl sites for hydroxylation is 2. The van der Waals surface area contributed by atoms with Crippen LogP contribution in [-0.2, 0) is 11.3 Å². The fraction of sp³-hybridized carbons (Fsp3) is 0.611. The molecule has 0 fully saturated rings. The van der Waals surface area contributed by atoms with Crippen molar-refractivity contribution < 1.29 is 4.74 Å². The SMILES string of the molecule is CN=C(NCCCOCC(C)C)NCc1ccc(C)cc1C. The van der Waals surface area contributed by atoms with Crippen molar-refractivity contribution in [3.63, 3.8) is 0 Å². The summed E-state index contributed by atoms with van der Waals surface area (Å²) in [5.74, 6) is 1.43. The van der Waals surface area contributed by atoms with Crippen LogP contribution in [0.2, 0.25) is 0 Å². The molecule has 0 amide bonds. The van der Waals surface area contributed by atoms with Gasteiger partial charge in [-0.2, -0.15) is 0 Å². The van der Waals surface area contributed by atoms with Crippen molar-refractivity contribution in [1.29, 1.82) is 0 Å². The van der Waals surface area contributed by atoms with E-state index >= 15 is 0 Å². The summed E-state index contributed by atoms with van der Waals surface area (Å²) in [6, 6.07) is 6.52. The Labute approximate surface area is 135 Å². The van der Waals surface area contributed by atoms with Crippen LogP contribution in [0.4, 0.5) is 0 Å². The molecule has 0 unspecified atom stereocenters. The molecule has 0 heterocycles. The van der Waals surface area contributed by atoms with Crippen LogP contribution in [0.3, 0.4) is 0 Å². The molecule has 0 spiro atoms. The highest BCUT2D eigenvalue weighted by molar-refractivity contribution is 5.79. The third-order valence-corrected chi connectivity index (χ3v) is 3.38. The first-order chi connectivity index (χ1) is 10.5. The lowest BCUT2D eigenvalue weighted by molar-refractivity contribution is 0.108. The lowest BCUT2D eigenvalue weighted by Gasteiger charge is -2.13. The van der Waals surface area contributed by atoms with E-state index in [1.54, 1.807) is 7.05 Å². The molecule has 0 saturated carbocycles. The van der Waals surface area contributed by atoms with Crippen LogP contribution in [0.5, 0.6) is 0 Å². The molecule has 4 nitrogen and oxygen atoms in total. The van der Waals surface area contributed by atoms with Gasteiger partial charge in [0, 0.05) is 33.4 Å². The first kappa shape index (κ1) is 18.5. The Balaban J connectivity index is 2.25. The molecule has 0 bridgehead atoms. The number of hydrogen-bond donors (Lipinski definition) is 2. The molecule has 1 aromatic carbocycles. The number of aliphatic imine (C=N–C) groups is 1. The second kappa shape index (κ2) is 10.2. The van der Waals surface area contributed by atoms with Gasteiger partial charge in [0.15, 0.2) is 5.96 Å². The van der Waals surface area contributed by atoms with Crippen LogP contribution in [-0.4, -0.2) is 32.8 Å². The molecule has 22 heavy (non-hydrogen) atoms. The van der Waals surface area contributed by atoms with Gasteiger partial charge in [-0.1, -0.05) is 37.6 Å². The summed E-state index contributed by atoms with van der Waals surface area (Å²) >= 11 is 0. The van der Waals surface area contributed by atoms with Crippen LogP contribution < -0.4 is 10.6 Å².